The van der Waals surface area contributed by atoms with Gasteiger partial charge in [0.2, 0.25) is 0 Å². The number of anilines is 1. The van der Waals surface area contributed by atoms with Gasteiger partial charge in [0.15, 0.2) is 0 Å². The number of carbonyl (C=O) groups is 3. The summed E-state index contributed by atoms with van der Waals surface area (Å²) in [6.45, 7) is 2.23. The van der Waals surface area contributed by atoms with Crippen LogP contribution in [0.25, 0.3) is 0 Å². The van der Waals surface area contributed by atoms with E-state index in [2.05, 4.69) is 0 Å². The van der Waals surface area contributed by atoms with Crippen LogP contribution in [0.4, 0.5) is 19.3 Å². The lowest BCUT2D eigenvalue weighted by Crippen LogP contribution is -2.47. The summed E-state index contributed by atoms with van der Waals surface area (Å²) < 4.78 is 28.0. The maximum atomic E-state index is 14.0. The van der Waals surface area contributed by atoms with E-state index in [1.165, 1.54) is 11.0 Å². The Kier molecular flexibility index (Phi) is 3.35. The average molecular weight is 349 g/mol. The molecule has 1 unspecified atom stereocenters. The predicted molar refractivity (Wildman–Crippen MR) is 83.7 cm³/mol. The van der Waals surface area contributed by atoms with E-state index in [0.717, 1.165) is 28.4 Å². The Morgan fingerprint density at radius 2 is 1.80 bits per heavy atom. The first kappa shape index (κ1) is 16.0. The molecule has 3 fully saturated rings. The first-order chi connectivity index (χ1) is 11.9. The topological polar surface area (TPSA) is 60.9 Å². The Hall–Kier alpha value is -2.51. The molecule has 0 aromatic heterocycles. The number of para-hydroxylation sites is 1. The molecular formula is C17H17F2N3O3. The summed E-state index contributed by atoms with van der Waals surface area (Å²) in [6.07, 6.45) is 1.46. The van der Waals surface area contributed by atoms with Gasteiger partial charge in [0, 0.05) is 13.1 Å². The maximum absolute atomic E-state index is 14.0. The molecule has 0 aliphatic carbocycles. The molecular weight excluding hydrogens is 332 g/mol. The summed E-state index contributed by atoms with van der Waals surface area (Å²) >= 11 is 0. The number of urea groups is 1. The summed E-state index contributed by atoms with van der Waals surface area (Å²) in [7, 11) is 0. The van der Waals surface area contributed by atoms with E-state index < -0.39 is 46.7 Å². The summed E-state index contributed by atoms with van der Waals surface area (Å²) in [5.41, 5.74) is -1.34. The highest BCUT2D eigenvalue weighted by atomic mass is 19.1. The third-order valence-corrected chi connectivity index (χ3v) is 5.45. The Morgan fingerprint density at radius 3 is 2.44 bits per heavy atom. The zero-order valence-corrected chi connectivity index (χ0v) is 13.7. The SMILES string of the molecule is C[C@@]12CCCN1C(=O)N(C1CCN(c3c(F)cccc3F)C1=O)C2=O. The van der Waals surface area contributed by atoms with E-state index >= 15 is 0 Å². The van der Waals surface area contributed by atoms with E-state index in [0.29, 0.717) is 13.0 Å². The largest absolute Gasteiger partial charge is 0.328 e. The molecule has 8 heteroatoms. The summed E-state index contributed by atoms with van der Waals surface area (Å²) in [5, 5.41) is 0. The lowest BCUT2D eigenvalue weighted by molar-refractivity contribution is -0.136. The number of amides is 4. The first-order valence-corrected chi connectivity index (χ1v) is 8.27. The van der Waals surface area contributed by atoms with Gasteiger partial charge in [-0.3, -0.25) is 9.59 Å². The second kappa shape index (κ2) is 5.24. The molecule has 3 saturated heterocycles. The normalized spacial score (nSPS) is 29.2. The van der Waals surface area contributed by atoms with Crippen molar-refractivity contribution in [3.05, 3.63) is 29.8 Å². The minimum Gasteiger partial charge on any atom is -0.310 e. The predicted octanol–water partition coefficient (Wildman–Crippen LogP) is 1.89. The zero-order chi connectivity index (χ0) is 17.9. The number of hydrogen-bond donors (Lipinski definition) is 0. The molecule has 3 aliphatic rings. The van der Waals surface area contributed by atoms with Gasteiger partial charge in [0.1, 0.15) is 28.9 Å². The van der Waals surface area contributed by atoms with Crippen molar-refractivity contribution in [3.63, 3.8) is 0 Å². The average Bonchev–Trinajstić information content (AvgIpc) is 3.17. The van der Waals surface area contributed by atoms with E-state index in [9.17, 15) is 23.2 Å². The standard InChI is InChI=1S/C17H17F2N3O3/c1-17-7-3-8-21(17)16(25)22(15(17)24)12-6-9-20(14(12)23)13-10(18)4-2-5-11(13)19/h2,4-5,12H,3,6-9H2,1H3/t12?,17-/m0/s1. The number of fused-ring (bicyclic) bond motifs is 1. The van der Waals surface area contributed by atoms with Crippen molar-refractivity contribution in [3.8, 4) is 0 Å². The van der Waals surface area contributed by atoms with Crippen molar-refractivity contribution in [2.45, 2.75) is 37.8 Å². The molecule has 132 valence electrons. The first-order valence-electron chi connectivity index (χ1n) is 8.27. The van der Waals surface area contributed by atoms with Crippen LogP contribution in [0.1, 0.15) is 26.2 Å². The molecule has 0 N–H and O–H groups in total. The Bertz CT molecular complexity index is 779. The Morgan fingerprint density at radius 1 is 1.12 bits per heavy atom. The van der Waals surface area contributed by atoms with Gasteiger partial charge in [-0.1, -0.05) is 6.07 Å². The van der Waals surface area contributed by atoms with Gasteiger partial charge in [0.25, 0.3) is 11.8 Å². The molecule has 0 radical (unpaired) electrons. The number of halogens is 2. The summed E-state index contributed by atoms with van der Waals surface area (Å²) in [4.78, 5) is 41.6. The minimum atomic E-state index is -1.01. The number of hydrogen-bond acceptors (Lipinski definition) is 3. The molecule has 3 heterocycles. The highest BCUT2D eigenvalue weighted by molar-refractivity contribution is 6.12. The zero-order valence-electron chi connectivity index (χ0n) is 13.7. The maximum Gasteiger partial charge on any atom is 0.328 e. The number of nitrogens with zero attached hydrogens (tertiary/aromatic N) is 3. The molecule has 0 spiro atoms. The van der Waals surface area contributed by atoms with Crippen LogP contribution in [0, 0.1) is 11.6 Å². The van der Waals surface area contributed by atoms with Crippen molar-refractivity contribution in [1.82, 2.24) is 9.80 Å². The molecule has 4 rings (SSSR count). The van der Waals surface area contributed by atoms with Crippen LogP contribution in [-0.2, 0) is 9.59 Å². The molecule has 1 aromatic carbocycles. The lowest BCUT2D eigenvalue weighted by Gasteiger charge is -2.23. The van der Waals surface area contributed by atoms with Crippen LogP contribution >= 0.6 is 0 Å². The number of carbonyl (C=O) groups excluding carboxylic acids is 3. The quantitative estimate of drug-likeness (QED) is 0.766. The second-order valence-electron chi connectivity index (χ2n) is 6.85. The van der Waals surface area contributed by atoms with E-state index in [-0.39, 0.29) is 13.0 Å². The van der Waals surface area contributed by atoms with Gasteiger partial charge in [-0.2, -0.15) is 0 Å². The van der Waals surface area contributed by atoms with Crippen LogP contribution in [-0.4, -0.2) is 52.3 Å². The molecule has 4 amide bonds. The fourth-order valence-corrected chi connectivity index (χ4v) is 4.12. The molecule has 6 nitrogen and oxygen atoms in total. The second-order valence-corrected chi connectivity index (χ2v) is 6.85. The lowest BCUT2D eigenvalue weighted by atomic mass is 9.99. The van der Waals surface area contributed by atoms with Crippen molar-refractivity contribution in [1.29, 1.82) is 0 Å². The van der Waals surface area contributed by atoms with Crippen LogP contribution < -0.4 is 4.90 Å². The van der Waals surface area contributed by atoms with Crippen molar-refractivity contribution in [2.75, 3.05) is 18.0 Å². The van der Waals surface area contributed by atoms with E-state index in [4.69, 9.17) is 0 Å². The highest BCUT2D eigenvalue weighted by Gasteiger charge is 2.60. The third-order valence-electron chi connectivity index (χ3n) is 5.45. The third kappa shape index (κ3) is 2.03. The fourth-order valence-electron chi connectivity index (χ4n) is 4.12. The molecule has 25 heavy (non-hydrogen) atoms. The van der Waals surface area contributed by atoms with Gasteiger partial charge in [0.05, 0.1) is 0 Å². The van der Waals surface area contributed by atoms with Gasteiger partial charge in [-0.15, -0.1) is 0 Å². The minimum absolute atomic E-state index is 0.0507. The van der Waals surface area contributed by atoms with Gasteiger partial charge >= 0.3 is 6.03 Å². The van der Waals surface area contributed by atoms with Gasteiger partial charge in [-0.25, -0.2) is 18.5 Å². The molecule has 3 aliphatic heterocycles. The smallest absolute Gasteiger partial charge is 0.310 e. The van der Waals surface area contributed by atoms with E-state index in [1.54, 1.807) is 6.92 Å². The number of benzene rings is 1. The Balaban J connectivity index is 1.65. The van der Waals surface area contributed by atoms with Crippen molar-refractivity contribution < 1.29 is 23.2 Å². The molecule has 0 bridgehead atoms. The number of imide groups is 1. The van der Waals surface area contributed by atoms with E-state index in [1.807, 2.05) is 0 Å². The van der Waals surface area contributed by atoms with Gasteiger partial charge in [-0.05, 0) is 38.3 Å². The highest BCUT2D eigenvalue weighted by Crippen LogP contribution is 2.40. The van der Waals surface area contributed by atoms with Crippen LogP contribution in [0.2, 0.25) is 0 Å². The van der Waals surface area contributed by atoms with Crippen molar-refractivity contribution in [2.24, 2.45) is 0 Å². The van der Waals surface area contributed by atoms with Crippen molar-refractivity contribution >= 4 is 23.5 Å². The molecule has 2 atom stereocenters. The van der Waals surface area contributed by atoms with Crippen LogP contribution in [0.3, 0.4) is 0 Å². The summed E-state index contributed by atoms with van der Waals surface area (Å²) in [6, 6.07) is 1.86. The summed E-state index contributed by atoms with van der Waals surface area (Å²) in [5.74, 6) is -2.72. The number of rotatable bonds is 2. The van der Waals surface area contributed by atoms with Crippen LogP contribution in [0.15, 0.2) is 18.2 Å². The monoisotopic (exact) mass is 349 g/mol. The van der Waals surface area contributed by atoms with Crippen LogP contribution in [0.5, 0.6) is 0 Å². The Labute approximate surface area is 143 Å². The molecule has 1 aromatic rings. The van der Waals surface area contributed by atoms with Gasteiger partial charge < -0.3 is 9.80 Å². The molecule has 0 saturated carbocycles. The fraction of sp³-hybridized carbons (Fsp3) is 0.471.